The van der Waals surface area contributed by atoms with Gasteiger partial charge in [0.25, 0.3) is 0 Å². The molecule has 1 aliphatic rings. The molecule has 1 heterocycles. The lowest BCUT2D eigenvalue weighted by molar-refractivity contribution is 0.486. The second-order valence-corrected chi connectivity index (χ2v) is 5.65. The second kappa shape index (κ2) is 6.55. The smallest absolute Gasteiger partial charge is 0.222 e. The molecule has 0 saturated heterocycles. The first kappa shape index (κ1) is 14.5. The molecule has 2 heteroatoms. The van der Waals surface area contributed by atoms with Crippen LogP contribution in [0.4, 0.5) is 0 Å². The van der Waals surface area contributed by atoms with Crippen LogP contribution in [0.15, 0.2) is 102 Å². The number of hydrogen-bond acceptors (Lipinski definition) is 2. The molecule has 0 radical (unpaired) electrons. The molecule has 1 aliphatic heterocycles. The summed E-state index contributed by atoms with van der Waals surface area (Å²) in [5.74, 6) is 1.50. The van der Waals surface area contributed by atoms with Crippen LogP contribution in [0.2, 0.25) is 0 Å². The third-order valence-corrected chi connectivity index (χ3v) is 3.99. The lowest BCUT2D eigenvalue weighted by Gasteiger charge is -2.21. The normalized spacial score (nSPS) is 16.8. The van der Waals surface area contributed by atoms with Crippen molar-refractivity contribution in [3.8, 4) is 0 Å². The highest BCUT2D eigenvalue weighted by molar-refractivity contribution is 5.98. The second-order valence-electron chi connectivity index (χ2n) is 5.65. The van der Waals surface area contributed by atoms with E-state index in [1.165, 1.54) is 0 Å². The molecule has 0 unspecified atom stereocenters. The summed E-state index contributed by atoms with van der Waals surface area (Å²) >= 11 is 0. The van der Waals surface area contributed by atoms with Gasteiger partial charge in [-0.2, -0.15) is 0 Å². The molecule has 0 bridgehead atoms. The fourth-order valence-corrected chi connectivity index (χ4v) is 2.76. The van der Waals surface area contributed by atoms with Crippen molar-refractivity contribution in [3.63, 3.8) is 0 Å². The summed E-state index contributed by atoms with van der Waals surface area (Å²) in [6, 6.07) is 30.4. The zero-order valence-corrected chi connectivity index (χ0v) is 13.2. The van der Waals surface area contributed by atoms with Gasteiger partial charge in [0, 0.05) is 11.1 Å². The lowest BCUT2D eigenvalue weighted by Crippen LogP contribution is -2.13. The number of nitrogens with zero attached hydrogens (tertiary/aromatic N) is 1. The van der Waals surface area contributed by atoms with Gasteiger partial charge >= 0.3 is 0 Å². The van der Waals surface area contributed by atoms with Gasteiger partial charge in [0.05, 0.1) is 0 Å². The van der Waals surface area contributed by atoms with E-state index in [0.717, 1.165) is 22.4 Å². The topological polar surface area (TPSA) is 21.6 Å². The minimum Gasteiger partial charge on any atom is -0.438 e. The van der Waals surface area contributed by atoms with E-state index in [-0.39, 0.29) is 6.04 Å². The van der Waals surface area contributed by atoms with E-state index >= 15 is 0 Å². The lowest BCUT2D eigenvalue weighted by atomic mass is 10.0. The molecule has 4 rings (SSSR count). The van der Waals surface area contributed by atoms with Gasteiger partial charge in [-0.05, 0) is 23.8 Å². The number of benzene rings is 3. The zero-order valence-electron chi connectivity index (χ0n) is 13.2. The molecule has 2 nitrogen and oxygen atoms in total. The molecule has 0 saturated carbocycles. The van der Waals surface area contributed by atoms with Crippen molar-refractivity contribution < 1.29 is 4.74 Å². The molecule has 3 aromatic rings. The molecule has 24 heavy (non-hydrogen) atoms. The molecule has 0 aromatic heterocycles. The molecule has 0 spiro atoms. The maximum atomic E-state index is 6.12. The molecule has 0 N–H and O–H groups in total. The number of aliphatic imine (C=N–C) groups is 1. The Morgan fingerprint density at radius 1 is 0.625 bits per heavy atom. The van der Waals surface area contributed by atoms with E-state index in [1.807, 2.05) is 66.7 Å². The third-order valence-electron chi connectivity index (χ3n) is 3.99. The zero-order chi connectivity index (χ0) is 16.2. The Bertz CT molecular complexity index is 812. The van der Waals surface area contributed by atoms with Crippen molar-refractivity contribution in [3.05, 3.63) is 114 Å². The minimum absolute atomic E-state index is 0.0506. The van der Waals surface area contributed by atoms with E-state index in [0.29, 0.717) is 5.90 Å². The highest BCUT2D eigenvalue weighted by atomic mass is 16.5. The number of rotatable bonds is 3. The van der Waals surface area contributed by atoms with Gasteiger partial charge in [0.15, 0.2) is 0 Å². The van der Waals surface area contributed by atoms with E-state index in [4.69, 9.17) is 9.73 Å². The molecular weight excluding hydrogens is 294 g/mol. The Labute approximate surface area is 141 Å². The van der Waals surface area contributed by atoms with Crippen molar-refractivity contribution in [2.75, 3.05) is 0 Å². The van der Waals surface area contributed by atoms with Gasteiger partial charge in [-0.1, -0.05) is 78.9 Å². The van der Waals surface area contributed by atoms with Gasteiger partial charge in [-0.3, -0.25) is 0 Å². The van der Waals surface area contributed by atoms with Gasteiger partial charge in [0.1, 0.15) is 11.8 Å². The predicted octanol–water partition coefficient (Wildman–Crippen LogP) is 5.25. The van der Waals surface area contributed by atoms with Crippen LogP contribution in [-0.4, -0.2) is 5.90 Å². The monoisotopic (exact) mass is 311 g/mol. The Hall–Kier alpha value is -3.13. The largest absolute Gasteiger partial charge is 0.438 e. The molecular formula is C22H17NO. The standard InChI is InChI=1S/C22H17NO/c1-4-10-17(11-5-1)20-16-21(18-12-6-2-7-13-18)24-22(23-20)19-14-8-3-9-15-19/h1-16,20H/t20-/m0/s1. The minimum atomic E-state index is -0.0506. The maximum absolute atomic E-state index is 6.12. The Kier molecular flexibility index (Phi) is 3.95. The van der Waals surface area contributed by atoms with Crippen LogP contribution >= 0.6 is 0 Å². The van der Waals surface area contributed by atoms with Crippen LogP contribution in [0.25, 0.3) is 5.76 Å². The van der Waals surface area contributed by atoms with Crippen molar-refractivity contribution in [1.29, 1.82) is 0 Å². The van der Waals surface area contributed by atoms with Crippen LogP contribution in [0.1, 0.15) is 22.7 Å². The van der Waals surface area contributed by atoms with E-state index < -0.39 is 0 Å². The summed E-state index contributed by atoms with van der Waals surface area (Å²) in [6.45, 7) is 0. The number of hydrogen-bond donors (Lipinski definition) is 0. The molecule has 0 amide bonds. The van der Waals surface area contributed by atoms with E-state index in [1.54, 1.807) is 0 Å². The van der Waals surface area contributed by atoms with Crippen molar-refractivity contribution in [2.45, 2.75) is 6.04 Å². The van der Waals surface area contributed by atoms with E-state index in [9.17, 15) is 0 Å². The van der Waals surface area contributed by atoms with E-state index in [2.05, 4.69) is 30.3 Å². The number of ether oxygens (including phenoxy) is 1. The summed E-state index contributed by atoms with van der Waals surface area (Å²) in [4.78, 5) is 4.82. The van der Waals surface area contributed by atoms with Crippen LogP contribution < -0.4 is 0 Å². The van der Waals surface area contributed by atoms with Gasteiger partial charge in [-0.25, -0.2) is 4.99 Å². The summed E-state index contributed by atoms with van der Waals surface area (Å²) in [5.41, 5.74) is 3.20. The Morgan fingerprint density at radius 2 is 1.17 bits per heavy atom. The van der Waals surface area contributed by atoms with Gasteiger partial charge in [-0.15, -0.1) is 0 Å². The third kappa shape index (κ3) is 2.99. The maximum Gasteiger partial charge on any atom is 0.222 e. The first-order chi connectivity index (χ1) is 11.9. The first-order valence-corrected chi connectivity index (χ1v) is 8.03. The first-order valence-electron chi connectivity index (χ1n) is 8.03. The van der Waals surface area contributed by atoms with Gasteiger partial charge in [0.2, 0.25) is 5.90 Å². The predicted molar refractivity (Wildman–Crippen MR) is 97.7 cm³/mol. The summed E-state index contributed by atoms with van der Waals surface area (Å²) in [6.07, 6.45) is 2.08. The average molecular weight is 311 g/mol. The van der Waals surface area contributed by atoms with Crippen molar-refractivity contribution >= 4 is 11.7 Å². The molecule has 3 aromatic carbocycles. The summed E-state index contributed by atoms with van der Waals surface area (Å²) in [7, 11) is 0. The van der Waals surface area contributed by atoms with Crippen LogP contribution in [0.5, 0.6) is 0 Å². The highest BCUT2D eigenvalue weighted by Crippen LogP contribution is 2.31. The van der Waals surface area contributed by atoms with Crippen molar-refractivity contribution in [1.82, 2.24) is 0 Å². The summed E-state index contributed by atoms with van der Waals surface area (Å²) < 4.78 is 6.12. The van der Waals surface area contributed by atoms with Crippen LogP contribution in [-0.2, 0) is 4.74 Å². The van der Waals surface area contributed by atoms with Gasteiger partial charge < -0.3 is 4.74 Å². The van der Waals surface area contributed by atoms with Crippen molar-refractivity contribution in [2.24, 2.45) is 4.99 Å². The highest BCUT2D eigenvalue weighted by Gasteiger charge is 2.20. The molecule has 0 fully saturated rings. The molecule has 116 valence electrons. The fraction of sp³-hybridized carbons (Fsp3) is 0.0455. The summed E-state index contributed by atoms with van der Waals surface area (Å²) in [5, 5.41) is 0. The molecule has 1 atom stereocenters. The quantitative estimate of drug-likeness (QED) is 0.647. The SMILES string of the molecule is C1=C(c2ccccc2)OC(c2ccccc2)=N[C@@H]1c1ccccc1. The van der Waals surface area contributed by atoms with Crippen LogP contribution in [0, 0.1) is 0 Å². The Balaban J connectivity index is 1.78. The molecule has 0 aliphatic carbocycles. The fourth-order valence-electron chi connectivity index (χ4n) is 2.76. The van der Waals surface area contributed by atoms with Crippen LogP contribution in [0.3, 0.4) is 0 Å². The average Bonchev–Trinajstić information content (AvgIpc) is 2.70. The Morgan fingerprint density at radius 3 is 1.79 bits per heavy atom.